The zero-order valence-corrected chi connectivity index (χ0v) is 32.6. The summed E-state index contributed by atoms with van der Waals surface area (Å²) in [6.07, 6.45) is 1.75. The molecule has 0 aliphatic rings. The Morgan fingerprint density at radius 3 is 1.50 bits per heavy atom. The van der Waals surface area contributed by atoms with Gasteiger partial charge in [-0.15, -0.1) is 6.58 Å². The van der Waals surface area contributed by atoms with Gasteiger partial charge in [0.15, 0.2) is 51.8 Å². The number of hydrogen-bond acceptors (Lipinski definition) is 12. The smallest absolute Gasteiger partial charge is 0.328 e. The van der Waals surface area contributed by atoms with Crippen molar-refractivity contribution in [1.29, 1.82) is 0 Å². The van der Waals surface area contributed by atoms with Crippen LogP contribution in [0, 0.1) is 0 Å². The van der Waals surface area contributed by atoms with E-state index >= 15 is 0 Å². The van der Waals surface area contributed by atoms with Crippen molar-refractivity contribution in [3.8, 4) is 102 Å². The van der Waals surface area contributed by atoms with Crippen molar-refractivity contribution >= 4 is 24.3 Å². The molecule has 15 heteroatoms. The fraction of sp³-hybridized carbons (Fsp3) is 0.140. The minimum atomic E-state index is -1.16. The molecule has 2 heterocycles. The Kier molecular flexibility index (Phi) is 12.1. The third-order valence-electron chi connectivity index (χ3n) is 8.88. The van der Waals surface area contributed by atoms with Crippen LogP contribution < -0.4 is 11.2 Å². The van der Waals surface area contributed by atoms with E-state index in [-0.39, 0.29) is 17.2 Å². The topological polar surface area (TPSA) is 218 Å². The van der Waals surface area contributed by atoms with Crippen molar-refractivity contribution < 1.29 is 40.9 Å². The maximum absolute atomic E-state index is 12.4. The number of phenols is 8. The molecule has 0 bridgehead atoms. The highest BCUT2D eigenvalue weighted by atomic mass is 16.3. The molecule has 0 saturated carbocycles. The first-order chi connectivity index (χ1) is 27.4. The van der Waals surface area contributed by atoms with Gasteiger partial charge in [-0.05, 0) is 62.9 Å². The Morgan fingerprint density at radius 2 is 0.983 bits per heavy atom. The Labute approximate surface area is 334 Å². The van der Waals surface area contributed by atoms with Crippen LogP contribution in [0.5, 0.6) is 46.0 Å². The maximum Gasteiger partial charge on any atom is 0.328 e. The van der Waals surface area contributed by atoms with Gasteiger partial charge in [0.05, 0.1) is 39.1 Å². The monoisotopic (exact) mass is 783 g/mol. The van der Waals surface area contributed by atoms with Gasteiger partial charge in [-0.1, -0.05) is 66.7 Å². The molecule has 0 spiro atoms. The van der Waals surface area contributed by atoms with Crippen LogP contribution in [-0.4, -0.2) is 93.8 Å². The highest BCUT2D eigenvalue weighted by Gasteiger charge is 2.32. The van der Waals surface area contributed by atoms with Crippen molar-refractivity contribution in [3.63, 3.8) is 0 Å². The number of fused-ring (bicyclic) bond motifs is 1. The van der Waals surface area contributed by atoms with E-state index in [2.05, 4.69) is 11.6 Å². The highest BCUT2D eigenvalue weighted by molar-refractivity contribution is 6.37. The number of nitrogens with zero attached hydrogens (tertiary/aromatic N) is 5. The van der Waals surface area contributed by atoms with E-state index in [0.717, 1.165) is 22.2 Å². The van der Waals surface area contributed by atoms with E-state index in [4.69, 9.17) is 12.8 Å². The molecule has 0 fully saturated rings. The molecule has 2 radical (unpaired) electrons. The zero-order valence-electron chi connectivity index (χ0n) is 32.6. The standard InChI is InChI=1S/C37H27BN4O9.C3H9N.C3H6/c1-41-22-13-12-19(14-23(22)42(2)37(41)51)16-8-10-17(11-9-16)20-15-21(40-36(39-20)18-6-4-3-5-7-18)24-28(43)30(45)25(31(46)29(24)44)26-32(47)34(49)27(38)35(50)33(26)48;1-4(2)3;1-3-2/h3-15,43-50H,1-2H3;1-3H3;3H,1H2,2H3. The first-order valence-corrected chi connectivity index (χ1v) is 17.6. The molecule has 58 heavy (non-hydrogen) atoms. The van der Waals surface area contributed by atoms with E-state index in [1.165, 1.54) is 6.07 Å². The van der Waals surface area contributed by atoms with Gasteiger partial charge in [-0.3, -0.25) is 9.13 Å². The lowest BCUT2D eigenvalue weighted by molar-refractivity contribution is 0.370. The SMILES string of the molecule is C=CC.CN(C)C.[B]c1c(O)c(O)c(-c2c(O)c(O)c(-c3cc(-c4ccc(-c5ccc6c(c5)n(C)c(=O)n6C)cc4)nc(-c4ccccc4)n3)c(O)c2O)c(O)c1O. The average molecular weight is 784 g/mol. The Bertz CT molecular complexity index is 2670. The molecule has 0 aliphatic carbocycles. The highest BCUT2D eigenvalue weighted by Crippen LogP contribution is 2.59. The summed E-state index contributed by atoms with van der Waals surface area (Å²) in [5.74, 6) is -8.69. The average Bonchev–Trinajstić information content (AvgIpc) is 3.43. The number of benzene rings is 5. The predicted molar refractivity (Wildman–Crippen MR) is 225 cm³/mol. The van der Waals surface area contributed by atoms with Crippen LogP contribution in [0.1, 0.15) is 6.92 Å². The van der Waals surface area contributed by atoms with Crippen LogP contribution in [0.3, 0.4) is 0 Å². The van der Waals surface area contributed by atoms with Crippen LogP contribution in [0.4, 0.5) is 0 Å². The van der Waals surface area contributed by atoms with Gasteiger partial charge >= 0.3 is 5.69 Å². The van der Waals surface area contributed by atoms with Crippen molar-refractivity contribution in [2.24, 2.45) is 14.1 Å². The van der Waals surface area contributed by atoms with Gasteiger partial charge < -0.3 is 45.8 Å². The normalized spacial score (nSPS) is 10.8. The second kappa shape index (κ2) is 16.8. The number of phenolic OH excluding ortho intramolecular Hbond substituents is 8. The molecule has 296 valence electrons. The quantitative estimate of drug-likeness (QED) is 0.0449. The molecule has 7 aromatic rings. The Balaban J connectivity index is 0.000000851. The van der Waals surface area contributed by atoms with E-state index in [0.29, 0.717) is 16.8 Å². The van der Waals surface area contributed by atoms with E-state index < -0.39 is 68.1 Å². The molecule has 0 unspecified atom stereocenters. The Hall–Kier alpha value is -7.39. The number of aromatic hydroxyl groups is 8. The lowest BCUT2D eigenvalue weighted by Crippen LogP contribution is -2.19. The lowest BCUT2D eigenvalue weighted by Gasteiger charge is -2.19. The molecule has 0 atom stereocenters. The third kappa shape index (κ3) is 7.70. The van der Waals surface area contributed by atoms with Gasteiger partial charge in [0.1, 0.15) is 7.85 Å². The summed E-state index contributed by atoms with van der Waals surface area (Å²) in [4.78, 5) is 23.7. The Morgan fingerprint density at radius 1 is 0.569 bits per heavy atom. The van der Waals surface area contributed by atoms with Gasteiger partial charge in [0.2, 0.25) is 0 Å². The van der Waals surface area contributed by atoms with Gasteiger partial charge in [-0.25, -0.2) is 14.8 Å². The second-order valence-electron chi connectivity index (χ2n) is 13.6. The molecular weight excluding hydrogens is 741 g/mol. The molecule has 8 N–H and O–H groups in total. The van der Waals surface area contributed by atoms with Crippen LogP contribution in [-0.2, 0) is 14.1 Å². The van der Waals surface area contributed by atoms with Gasteiger partial charge in [0.25, 0.3) is 0 Å². The number of rotatable bonds is 5. The van der Waals surface area contributed by atoms with Crippen LogP contribution in [0.25, 0.3) is 67.2 Å². The maximum atomic E-state index is 12.4. The van der Waals surface area contributed by atoms with Gasteiger partial charge in [-0.2, -0.15) is 0 Å². The molecular formula is C43H42BN5O9. The number of allylic oxidation sites excluding steroid dienone is 1. The lowest BCUT2D eigenvalue weighted by atomic mass is 9.88. The summed E-state index contributed by atoms with van der Waals surface area (Å²) >= 11 is 0. The molecule has 0 amide bonds. The summed E-state index contributed by atoms with van der Waals surface area (Å²) < 4.78 is 3.14. The largest absolute Gasteiger partial charge is 0.505 e. The predicted octanol–water partition coefficient (Wildman–Crippen LogP) is 5.81. The van der Waals surface area contributed by atoms with Crippen molar-refractivity contribution in [2.75, 3.05) is 21.1 Å². The van der Waals surface area contributed by atoms with Crippen LogP contribution in [0.15, 0.2) is 96.3 Å². The molecule has 0 saturated heterocycles. The van der Waals surface area contributed by atoms with E-state index in [1.54, 1.807) is 71.8 Å². The fourth-order valence-electron chi connectivity index (χ4n) is 6.09. The first-order valence-electron chi connectivity index (χ1n) is 17.6. The summed E-state index contributed by atoms with van der Waals surface area (Å²) in [5.41, 5.74) is 1.32. The molecule has 5 aromatic carbocycles. The molecule has 7 rings (SSSR count). The fourth-order valence-corrected chi connectivity index (χ4v) is 6.09. The summed E-state index contributed by atoms with van der Waals surface area (Å²) in [7, 11) is 14.9. The number of imidazole rings is 1. The molecule has 0 aliphatic heterocycles. The number of aryl methyl sites for hydroxylation is 2. The summed E-state index contributed by atoms with van der Waals surface area (Å²) in [5, 5.41) is 86.1. The van der Waals surface area contributed by atoms with Crippen LogP contribution >= 0.6 is 0 Å². The van der Waals surface area contributed by atoms with Crippen molar-refractivity contribution in [3.05, 3.63) is 102 Å². The summed E-state index contributed by atoms with van der Waals surface area (Å²) in [6.45, 7) is 5.25. The third-order valence-corrected chi connectivity index (χ3v) is 8.88. The first kappa shape index (κ1) is 41.8. The minimum Gasteiger partial charge on any atom is -0.505 e. The second-order valence-corrected chi connectivity index (χ2v) is 13.6. The summed E-state index contributed by atoms with van der Waals surface area (Å²) in [6, 6.07) is 23.2. The van der Waals surface area contributed by atoms with E-state index in [9.17, 15) is 45.6 Å². The van der Waals surface area contributed by atoms with Crippen molar-refractivity contribution in [1.82, 2.24) is 24.0 Å². The molecule has 14 nitrogen and oxygen atoms in total. The van der Waals surface area contributed by atoms with Crippen molar-refractivity contribution in [2.45, 2.75) is 6.92 Å². The van der Waals surface area contributed by atoms with Gasteiger partial charge in [0, 0.05) is 25.2 Å². The number of hydrogen-bond donors (Lipinski definition) is 8. The molecule has 2 aromatic heterocycles. The van der Waals surface area contributed by atoms with E-state index in [1.807, 2.05) is 63.3 Å². The number of aromatic nitrogens is 4. The minimum absolute atomic E-state index is 0.137. The van der Waals surface area contributed by atoms with Crippen LogP contribution in [0.2, 0.25) is 0 Å². The zero-order chi connectivity index (χ0) is 42.7.